The minimum atomic E-state index is -0.314. The largest absolute Gasteiger partial charge is 0.496 e. The van der Waals surface area contributed by atoms with E-state index in [0.29, 0.717) is 50.2 Å². The van der Waals surface area contributed by atoms with Crippen LogP contribution >= 0.6 is 33.9 Å². The first-order chi connectivity index (χ1) is 19.8. The van der Waals surface area contributed by atoms with Crippen molar-refractivity contribution in [1.29, 1.82) is 0 Å². The van der Waals surface area contributed by atoms with Gasteiger partial charge >= 0.3 is 0 Å². The number of hydrogen-bond donors (Lipinski definition) is 3. The normalized spacial score (nSPS) is 14.1. The van der Waals surface area contributed by atoms with Crippen molar-refractivity contribution in [2.75, 3.05) is 58.1 Å². The smallest absolute Gasteiger partial charge is 0.267 e. The SMILES string of the molecule is COc1cc(OC)c(I)c(NC(=O)c2csc3c(Nc4ccc(C(=O)NN5CCN(C)CC5)cn4)ncnc23)c1C. The predicted octanol–water partition coefficient (Wildman–Crippen LogP) is 3.90. The van der Waals surface area contributed by atoms with Gasteiger partial charge in [-0.25, -0.2) is 20.0 Å². The van der Waals surface area contributed by atoms with E-state index in [0.717, 1.165) is 35.3 Å². The number of nitrogens with zero attached hydrogens (tertiary/aromatic N) is 5. The molecule has 2 amide bonds. The maximum absolute atomic E-state index is 13.4. The van der Waals surface area contributed by atoms with Gasteiger partial charge in [0, 0.05) is 49.4 Å². The molecule has 1 saturated heterocycles. The Hall–Kier alpha value is -3.60. The highest BCUT2D eigenvalue weighted by atomic mass is 127. The average molecular weight is 689 g/mol. The van der Waals surface area contributed by atoms with Crippen molar-refractivity contribution in [2.24, 2.45) is 0 Å². The van der Waals surface area contributed by atoms with Crippen molar-refractivity contribution < 1.29 is 19.1 Å². The number of carbonyl (C=O) groups is 2. The van der Waals surface area contributed by atoms with Crippen LogP contribution in [-0.4, -0.2) is 84.1 Å². The number of methoxy groups -OCH3 is 2. The standard InChI is InChI=1S/C27H29IN8O4S/c1-15-18(39-3)11-19(40-4)21(28)22(15)33-27(38)17-13-41-24-23(17)30-14-31-25(24)32-20-6-5-16(12-29-20)26(37)34-36-9-7-35(2)8-10-36/h5-6,11-14H,7-10H2,1-4H3,(H,33,38)(H,34,37)(H,29,30,31,32). The topological polar surface area (TPSA) is 134 Å². The number of thiophene rings is 1. The van der Waals surface area contributed by atoms with Crippen LogP contribution in [-0.2, 0) is 0 Å². The lowest BCUT2D eigenvalue weighted by atomic mass is 10.1. The molecule has 0 atom stereocenters. The summed E-state index contributed by atoms with van der Waals surface area (Å²) in [5, 5.41) is 9.86. The first kappa shape index (κ1) is 28.9. The summed E-state index contributed by atoms with van der Waals surface area (Å²) in [4.78, 5) is 41.4. The van der Waals surface area contributed by atoms with Gasteiger partial charge in [-0.1, -0.05) is 0 Å². The van der Waals surface area contributed by atoms with Crippen molar-refractivity contribution in [2.45, 2.75) is 6.92 Å². The third-order valence-corrected chi connectivity index (χ3v) is 8.80. The molecule has 1 aromatic carbocycles. The molecule has 41 heavy (non-hydrogen) atoms. The highest BCUT2D eigenvalue weighted by Gasteiger charge is 2.22. The third kappa shape index (κ3) is 6.19. The number of piperazine rings is 1. The molecular weight excluding hydrogens is 659 g/mol. The number of hydrazine groups is 1. The Balaban J connectivity index is 1.32. The molecule has 3 aromatic heterocycles. The van der Waals surface area contributed by atoms with E-state index in [9.17, 15) is 9.59 Å². The number of ether oxygens (including phenoxy) is 2. The van der Waals surface area contributed by atoms with Crippen LogP contribution in [0.1, 0.15) is 26.3 Å². The molecule has 0 saturated carbocycles. The van der Waals surface area contributed by atoms with E-state index in [2.05, 4.69) is 65.5 Å². The lowest BCUT2D eigenvalue weighted by molar-refractivity contribution is 0.0662. The molecular formula is C27H29IN8O4S. The van der Waals surface area contributed by atoms with E-state index >= 15 is 0 Å². The lowest BCUT2D eigenvalue weighted by Crippen LogP contribution is -2.52. The number of amides is 2. The Kier molecular flexibility index (Phi) is 8.82. The summed E-state index contributed by atoms with van der Waals surface area (Å²) < 4.78 is 12.4. The molecule has 0 bridgehead atoms. The predicted molar refractivity (Wildman–Crippen MR) is 166 cm³/mol. The first-order valence-electron chi connectivity index (χ1n) is 12.7. The quantitative estimate of drug-likeness (QED) is 0.234. The number of hydrogen-bond acceptors (Lipinski definition) is 11. The van der Waals surface area contributed by atoms with E-state index in [1.54, 1.807) is 37.8 Å². The number of aromatic nitrogens is 3. The molecule has 12 nitrogen and oxygen atoms in total. The van der Waals surface area contributed by atoms with Crippen molar-refractivity contribution in [3.05, 3.63) is 56.4 Å². The highest BCUT2D eigenvalue weighted by molar-refractivity contribution is 14.1. The zero-order chi connectivity index (χ0) is 29.1. The van der Waals surface area contributed by atoms with Crippen molar-refractivity contribution in [3.8, 4) is 11.5 Å². The fourth-order valence-electron chi connectivity index (χ4n) is 4.34. The lowest BCUT2D eigenvalue weighted by Gasteiger charge is -2.32. The molecule has 0 unspecified atom stereocenters. The average Bonchev–Trinajstić information content (AvgIpc) is 3.42. The van der Waals surface area contributed by atoms with Crippen molar-refractivity contribution in [1.82, 2.24) is 30.3 Å². The minimum absolute atomic E-state index is 0.203. The number of benzene rings is 1. The van der Waals surface area contributed by atoms with Gasteiger partial charge in [0.15, 0.2) is 5.82 Å². The molecule has 4 heterocycles. The summed E-state index contributed by atoms with van der Waals surface area (Å²) >= 11 is 3.49. The maximum atomic E-state index is 13.4. The molecule has 5 rings (SSSR count). The Bertz CT molecular complexity index is 1560. The number of anilines is 3. The number of fused-ring (bicyclic) bond motifs is 1. The van der Waals surface area contributed by atoms with E-state index in [4.69, 9.17) is 9.47 Å². The fraction of sp³-hybridized carbons (Fsp3) is 0.296. The number of carbonyl (C=O) groups excluding carboxylic acids is 2. The number of pyridine rings is 1. The zero-order valence-electron chi connectivity index (χ0n) is 22.9. The summed E-state index contributed by atoms with van der Waals surface area (Å²) in [6, 6.07) is 5.21. The van der Waals surface area contributed by atoms with Crippen LogP contribution in [0, 0.1) is 10.5 Å². The van der Waals surface area contributed by atoms with Gasteiger partial charge in [0.25, 0.3) is 11.8 Å². The molecule has 214 valence electrons. The van der Waals surface area contributed by atoms with Gasteiger partial charge in [-0.2, -0.15) is 0 Å². The maximum Gasteiger partial charge on any atom is 0.267 e. The molecule has 0 aliphatic carbocycles. The second-order valence-electron chi connectivity index (χ2n) is 9.39. The summed E-state index contributed by atoms with van der Waals surface area (Å²) in [5.74, 6) is 1.71. The summed E-state index contributed by atoms with van der Waals surface area (Å²) in [5.41, 5.74) is 5.71. The number of likely N-dealkylation sites (N-methyl/N-ethyl adjacent to an activating group) is 1. The Labute approximate surface area is 254 Å². The fourth-order valence-corrected chi connectivity index (χ4v) is 6.20. The van der Waals surface area contributed by atoms with Gasteiger partial charge in [-0.05, 0) is 48.7 Å². The Morgan fingerprint density at radius 3 is 2.46 bits per heavy atom. The summed E-state index contributed by atoms with van der Waals surface area (Å²) in [6.45, 7) is 5.21. The molecule has 1 fully saturated rings. The van der Waals surface area contributed by atoms with Crippen LogP contribution in [0.5, 0.6) is 11.5 Å². The van der Waals surface area contributed by atoms with Gasteiger partial charge in [-0.3, -0.25) is 15.0 Å². The molecule has 3 N–H and O–H groups in total. The first-order valence-corrected chi connectivity index (χ1v) is 14.7. The number of nitrogens with one attached hydrogen (secondary N) is 3. The molecule has 14 heteroatoms. The Morgan fingerprint density at radius 1 is 1.02 bits per heavy atom. The van der Waals surface area contributed by atoms with Gasteiger partial charge < -0.3 is 25.0 Å². The van der Waals surface area contributed by atoms with Crippen LogP contribution in [0.25, 0.3) is 10.2 Å². The van der Waals surface area contributed by atoms with Gasteiger partial charge in [0.05, 0.1) is 44.8 Å². The molecule has 0 radical (unpaired) electrons. The molecule has 0 spiro atoms. The third-order valence-electron chi connectivity index (χ3n) is 6.75. The van der Waals surface area contributed by atoms with Gasteiger partial charge in [0.2, 0.25) is 0 Å². The molecule has 1 aliphatic heterocycles. The van der Waals surface area contributed by atoms with Crippen molar-refractivity contribution in [3.63, 3.8) is 0 Å². The Morgan fingerprint density at radius 2 is 1.78 bits per heavy atom. The van der Waals surface area contributed by atoms with Crippen LogP contribution in [0.2, 0.25) is 0 Å². The number of rotatable bonds is 8. The number of halogens is 1. The monoisotopic (exact) mass is 688 g/mol. The van der Waals surface area contributed by atoms with E-state index in [1.807, 2.05) is 11.9 Å². The molecule has 4 aromatic rings. The van der Waals surface area contributed by atoms with Crippen LogP contribution in [0.4, 0.5) is 17.3 Å². The summed E-state index contributed by atoms with van der Waals surface area (Å²) in [7, 11) is 5.21. The molecule has 1 aliphatic rings. The second-order valence-corrected chi connectivity index (χ2v) is 11.3. The van der Waals surface area contributed by atoms with E-state index in [1.165, 1.54) is 23.9 Å². The van der Waals surface area contributed by atoms with Crippen molar-refractivity contribution >= 4 is 73.3 Å². The van der Waals surface area contributed by atoms with Gasteiger partial charge in [0.1, 0.15) is 23.6 Å². The van der Waals surface area contributed by atoms with Crippen LogP contribution in [0.3, 0.4) is 0 Å². The zero-order valence-corrected chi connectivity index (χ0v) is 25.9. The van der Waals surface area contributed by atoms with Crippen LogP contribution < -0.4 is 25.5 Å². The highest BCUT2D eigenvalue weighted by Crippen LogP contribution is 2.39. The summed E-state index contributed by atoms with van der Waals surface area (Å²) in [6.07, 6.45) is 2.92. The van der Waals surface area contributed by atoms with Crippen LogP contribution in [0.15, 0.2) is 36.1 Å². The second kappa shape index (κ2) is 12.5. The van der Waals surface area contributed by atoms with Gasteiger partial charge in [-0.15, -0.1) is 11.3 Å². The van der Waals surface area contributed by atoms with E-state index < -0.39 is 0 Å². The minimum Gasteiger partial charge on any atom is -0.496 e. The van der Waals surface area contributed by atoms with E-state index in [-0.39, 0.29) is 11.8 Å².